The highest BCUT2D eigenvalue weighted by atomic mass is 35.5. The average molecular weight is 560 g/mol. The number of amidine groups is 2. The zero-order chi connectivity index (χ0) is 24.2. The van der Waals surface area contributed by atoms with Gasteiger partial charge in [0.2, 0.25) is 0 Å². The molecule has 37 heavy (non-hydrogen) atoms. The molecule has 0 radical (unpaired) electrons. The Bertz CT molecular complexity index is 1340. The lowest BCUT2D eigenvalue weighted by atomic mass is 10.1. The van der Waals surface area contributed by atoms with E-state index in [1.807, 2.05) is 48.5 Å². The number of nitrogens with zero attached hydrogens (tertiary/aromatic N) is 2. The number of aliphatic imine (C=N–C) groups is 2. The quantitative estimate of drug-likeness (QED) is 0.359. The lowest BCUT2D eigenvalue weighted by molar-refractivity contribution is 0.101. The highest BCUT2D eigenvalue weighted by molar-refractivity contribution is 6.35. The lowest BCUT2D eigenvalue weighted by Gasteiger charge is -2.10. The van der Waals surface area contributed by atoms with Gasteiger partial charge in [-0.25, -0.2) is 0 Å². The van der Waals surface area contributed by atoms with Gasteiger partial charge in [0.1, 0.15) is 11.7 Å². The maximum atomic E-state index is 12.7. The van der Waals surface area contributed by atoms with Gasteiger partial charge in [-0.2, -0.15) is 0 Å². The minimum atomic E-state index is -0.356. The highest BCUT2D eigenvalue weighted by Crippen LogP contribution is 2.21. The van der Waals surface area contributed by atoms with Gasteiger partial charge in [-0.3, -0.25) is 19.6 Å². The lowest BCUT2D eigenvalue weighted by Crippen LogP contribution is -2.19. The molecule has 0 atom stereocenters. The number of hydrogen-bond donors (Lipinski definition) is 4. The highest BCUT2D eigenvalue weighted by Gasteiger charge is 2.15. The predicted octanol–water partition coefficient (Wildman–Crippen LogP) is 4.39. The summed E-state index contributed by atoms with van der Waals surface area (Å²) < 4.78 is 0. The Balaban J connectivity index is 0.00000190. The molecule has 0 unspecified atom stereocenters. The molecule has 192 valence electrons. The Kier molecular flexibility index (Phi) is 9.52. The maximum Gasteiger partial charge on any atom is 0.257 e. The number of rotatable bonds is 6. The number of carbonyl (C=O) groups is 2. The number of amides is 2. The summed E-state index contributed by atoms with van der Waals surface area (Å²) in [6.07, 6.45) is 0. The minimum absolute atomic E-state index is 0. The van der Waals surface area contributed by atoms with Crippen molar-refractivity contribution in [3.8, 4) is 0 Å². The molecular formula is C26H25Cl3N6O2. The molecule has 0 saturated heterocycles. The molecule has 0 aliphatic carbocycles. The van der Waals surface area contributed by atoms with E-state index >= 15 is 0 Å². The molecule has 0 bridgehead atoms. The molecular weight excluding hydrogens is 535 g/mol. The maximum absolute atomic E-state index is 12.7. The van der Waals surface area contributed by atoms with Crippen LogP contribution in [0.15, 0.2) is 76.7 Å². The van der Waals surface area contributed by atoms with Crippen molar-refractivity contribution in [1.82, 2.24) is 10.6 Å². The van der Waals surface area contributed by atoms with Crippen molar-refractivity contribution >= 4 is 71.3 Å². The van der Waals surface area contributed by atoms with Crippen molar-refractivity contribution in [3.05, 3.63) is 94.0 Å². The Morgan fingerprint density at radius 1 is 0.703 bits per heavy atom. The molecule has 11 heteroatoms. The number of benzene rings is 3. The second kappa shape index (κ2) is 12.6. The second-order valence-electron chi connectivity index (χ2n) is 8.07. The number of hydrogen-bond acceptors (Lipinski definition) is 6. The molecule has 2 amide bonds. The summed E-state index contributed by atoms with van der Waals surface area (Å²) in [5.41, 5.74) is 3.86. The summed E-state index contributed by atoms with van der Waals surface area (Å²) in [6, 6.07) is 19.5. The smallest absolute Gasteiger partial charge is 0.257 e. The summed E-state index contributed by atoms with van der Waals surface area (Å²) >= 11 is 6.36. The van der Waals surface area contributed by atoms with E-state index in [1.165, 1.54) is 6.07 Å². The largest absolute Gasteiger partial charge is 0.368 e. The van der Waals surface area contributed by atoms with Crippen molar-refractivity contribution in [3.63, 3.8) is 0 Å². The van der Waals surface area contributed by atoms with E-state index in [4.69, 9.17) is 11.6 Å². The average Bonchev–Trinajstić information content (AvgIpc) is 3.60. The Hall–Kier alpha value is -3.59. The van der Waals surface area contributed by atoms with Crippen LogP contribution in [-0.4, -0.2) is 49.7 Å². The zero-order valence-electron chi connectivity index (χ0n) is 19.6. The van der Waals surface area contributed by atoms with Crippen LogP contribution in [0, 0.1) is 0 Å². The first-order chi connectivity index (χ1) is 17.1. The van der Waals surface area contributed by atoms with Gasteiger partial charge in [0.05, 0.1) is 23.7 Å². The third-order valence-corrected chi connectivity index (χ3v) is 5.97. The van der Waals surface area contributed by atoms with Crippen LogP contribution in [0.1, 0.15) is 31.8 Å². The van der Waals surface area contributed by atoms with E-state index in [-0.39, 0.29) is 47.2 Å². The first-order valence-corrected chi connectivity index (χ1v) is 11.6. The van der Waals surface area contributed by atoms with Gasteiger partial charge in [0, 0.05) is 41.2 Å². The minimum Gasteiger partial charge on any atom is -0.368 e. The predicted molar refractivity (Wildman–Crippen MR) is 154 cm³/mol. The topological polar surface area (TPSA) is 107 Å². The van der Waals surface area contributed by atoms with Gasteiger partial charge in [0.15, 0.2) is 0 Å². The molecule has 2 aliphatic rings. The standard InChI is InChI=1S/C26H23ClN6O2.2ClH/c27-22-15-18(25(34)32-19-6-1-16(2-7-19)23-28-11-12-29-23)5-10-21(22)26(35)33-20-8-3-17(4-9-20)24-30-13-14-31-24;;/h1-10,15H,11-14H2,(H,28,29)(H,30,31)(H,32,34)(H,33,35);2*1H. The molecule has 0 aromatic heterocycles. The molecule has 2 heterocycles. The number of nitrogens with one attached hydrogen (secondary N) is 4. The molecule has 3 aromatic rings. The summed E-state index contributed by atoms with van der Waals surface area (Å²) in [6.45, 7) is 3.20. The van der Waals surface area contributed by atoms with E-state index in [1.54, 1.807) is 12.1 Å². The monoisotopic (exact) mass is 558 g/mol. The van der Waals surface area contributed by atoms with Crippen LogP contribution in [0.4, 0.5) is 11.4 Å². The SMILES string of the molecule is Cl.Cl.O=C(Nc1ccc(C2=NCCN2)cc1)c1ccc(C(=O)Nc2ccc(C3=NCCN3)cc2)c(Cl)c1. The van der Waals surface area contributed by atoms with Crippen molar-refractivity contribution in [1.29, 1.82) is 0 Å². The summed E-state index contributed by atoms with van der Waals surface area (Å²) in [4.78, 5) is 34.2. The van der Waals surface area contributed by atoms with Crippen LogP contribution < -0.4 is 21.3 Å². The summed E-state index contributed by atoms with van der Waals surface area (Å²) in [5, 5.41) is 12.3. The van der Waals surface area contributed by atoms with Crippen LogP contribution >= 0.6 is 36.4 Å². The van der Waals surface area contributed by atoms with Crippen molar-refractivity contribution in [2.45, 2.75) is 0 Å². The first-order valence-electron chi connectivity index (χ1n) is 11.3. The second-order valence-corrected chi connectivity index (χ2v) is 8.48. The van der Waals surface area contributed by atoms with Crippen LogP contribution in [0.2, 0.25) is 5.02 Å². The molecule has 3 aromatic carbocycles. The summed E-state index contributed by atoms with van der Waals surface area (Å²) in [7, 11) is 0. The van der Waals surface area contributed by atoms with Crippen LogP contribution in [-0.2, 0) is 0 Å². The summed E-state index contributed by atoms with van der Waals surface area (Å²) in [5.74, 6) is 1.04. The zero-order valence-corrected chi connectivity index (χ0v) is 22.0. The van der Waals surface area contributed by atoms with E-state index in [0.29, 0.717) is 16.9 Å². The fourth-order valence-electron chi connectivity index (χ4n) is 3.85. The molecule has 2 aliphatic heterocycles. The van der Waals surface area contributed by atoms with Crippen molar-refractivity contribution < 1.29 is 9.59 Å². The van der Waals surface area contributed by atoms with Gasteiger partial charge in [0.25, 0.3) is 11.8 Å². The number of carbonyl (C=O) groups excluding carboxylic acids is 2. The van der Waals surface area contributed by atoms with E-state index in [0.717, 1.165) is 49.0 Å². The molecule has 0 fully saturated rings. The van der Waals surface area contributed by atoms with Crippen molar-refractivity contribution in [2.75, 3.05) is 36.8 Å². The van der Waals surface area contributed by atoms with E-state index in [2.05, 4.69) is 31.3 Å². The Morgan fingerprint density at radius 3 is 1.62 bits per heavy atom. The fraction of sp³-hybridized carbons (Fsp3) is 0.154. The van der Waals surface area contributed by atoms with Crippen LogP contribution in [0.3, 0.4) is 0 Å². The van der Waals surface area contributed by atoms with Crippen LogP contribution in [0.5, 0.6) is 0 Å². The fourth-order valence-corrected chi connectivity index (χ4v) is 4.11. The molecule has 8 nitrogen and oxygen atoms in total. The third-order valence-electron chi connectivity index (χ3n) is 5.66. The first kappa shape index (κ1) is 28.0. The van der Waals surface area contributed by atoms with E-state index < -0.39 is 0 Å². The van der Waals surface area contributed by atoms with Gasteiger partial charge in [-0.05, 0) is 66.7 Å². The molecule has 0 spiro atoms. The van der Waals surface area contributed by atoms with Crippen molar-refractivity contribution in [2.24, 2.45) is 9.98 Å². The normalized spacial score (nSPS) is 13.6. The van der Waals surface area contributed by atoms with E-state index in [9.17, 15) is 9.59 Å². The number of anilines is 2. The van der Waals surface area contributed by atoms with Crippen LogP contribution in [0.25, 0.3) is 0 Å². The molecule has 5 rings (SSSR count). The van der Waals surface area contributed by atoms with Gasteiger partial charge >= 0.3 is 0 Å². The Labute approximate surface area is 231 Å². The molecule has 4 N–H and O–H groups in total. The van der Waals surface area contributed by atoms with Gasteiger partial charge in [-0.1, -0.05) is 11.6 Å². The molecule has 0 saturated carbocycles. The number of halogens is 3. The Morgan fingerprint density at radius 2 is 1.19 bits per heavy atom. The van der Waals surface area contributed by atoms with Gasteiger partial charge < -0.3 is 21.3 Å². The third kappa shape index (κ3) is 6.60. The van der Waals surface area contributed by atoms with Gasteiger partial charge in [-0.15, -0.1) is 24.8 Å².